The molecule has 0 unspecified atom stereocenters. The van der Waals surface area contributed by atoms with E-state index in [4.69, 9.17) is 0 Å². The highest BCUT2D eigenvalue weighted by atomic mass is 32.2. The summed E-state index contributed by atoms with van der Waals surface area (Å²) in [7, 11) is 0. The number of amides is 2. The average molecular weight is 478 g/mol. The normalized spacial score (nSPS) is 11.8. The number of hydrogen-bond acceptors (Lipinski definition) is 5. The number of anilines is 1. The van der Waals surface area contributed by atoms with Crippen LogP contribution in [0.1, 0.15) is 60.0 Å². The first-order valence-electron chi connectivity index (χ1n) is 11.2. The topological polar surface area (TPSA) is 88.9 Å². The molecule has 2 amide bonds. The number of hydrogen-bond donors (Lipinski definition) is 2. The van der Waals surface area contributed by atoms with Gasteiger partial charge >= 0.3 is 0 Å². The molecule has 0 saturated carbocycles. The summed E-state index contributed by atoms with van der Waals surface area (Å²) in [5.41, 5.74) is 3.59. The summed E-state index contributed by atoms with van der Waals surface area (Å²) < 4.78 is 1.87. The molecule has 0 bridgehead atoms. The van der Waals surface area contributed by atoms with Crippen LogP contribution in [-0.4, -0.2) is 32.3 Å². The average Bonchev–Trinajstić information content (AvgIpc) is 3.21. The van der Waals surface area contributed by atoms with E-state index >= 15 is 0 Å². The highest BCUT2D eigenvalue weighted by Crippen LogP contribution is 2.25. The van der Waals surface area contributed by atoms with E-state index in [1.165, 1.54) is 11.8 Å². The van der Waals surface area contributed by atoms with Gasteiger partial charge in [0.1, 0.15) is 0 Å². The second-order valence-corrected chi connectivity index (χ2v) is 9.32. The Labute approximate surface area is 205 Å². The maximum Gasteiger partial charge on any atom is 0.251 e. The SMILES string of the molecule is C=CCn1c(SCC(=O)Nc2ccccc2C(C)C)nnc1[C@H](C)NC(=O)c1ccc(C)cc1. The van der Waals surface area contributed by atoms with Gasteiger partial charge in [-0.15, -0.1) is 16.8 Å². The van der Waals surface area contributed by atoms with Crippen molar-refractivity contribution >= 4 is 29.3 Å². The lowest BCUT2D eigenvalue weighted by Gasteiger charge is -2.16. The number of carbonyl (C=O) groups is 2. The van der Waals surface area contributed by atoms with Gasteiger partial charge in [0.2, 0.25) is 5.91 Å². The number of benzene rings is 2. The van der Waals surface area contributed by atoms with Gasteiger partial charge in [0.15, 0.2) is 11.0 Å². The lowest BCUT2D eigenvalue weighted by molar-refractivity contribution is -0.113. The zero-order chi connectivity index (χ0) is 24.7. The predicted molar refractivity (Wildman–Crippen MR) is 137 cm³/mol. The molecule has 1 atom stereocenters. The van der Waals surface area contributed by atoms with Crippen LogP contribution in [0.25, 0.3) is 0 Å². The van der Waals surface area contributed by atoms with E-state index in [9.17, 15) is 9.59 Å². The fourth-order valence-corrected chi connectivity index (χ4v) is 4.26. The minimum absolute atomic E-state index is 0.117. The van der Waals surface area contributed by atoms with Gasteiger partial charge in [0.05, 0.1) is 11.8 Å². The van der Waals surface area contributed by atoms with Crippen LogP contribution in [0.5, 0.6) is 0 Å². The molecule has 2 N–H and O–H groups in total. The van der Waals surface area contributed by atoms with Gasteiger partial charge in [-0.25, -0.2) is 0 Å². The molecule has 2 aromatic carbocycles. The molecule has 3 rings (SSSR count). The number of nitrogens with one attached hydrogen (secondary N) is 2. The number of nitrogens with zero attached hydrogens (tertiary/aromatic N) is 3. The highest BCUT2D eigenvalue weighted by Gasteiger charge is 2.20. The van der Waals surface area contributed by atoms with Crippen LogP contribution in [0.15, 0.2) is 66.3 Å². The molecule has 0 spiro atoms. The number of allylic oxidation sites excluding steroid dienone is 1. The molecule has 7 nitrogen and oxygen atoms in total. The standard InChI is InChI=1S/C26H31N5O2S/c1-6-15-31-24(19(5)27-25(33)20-13-11-18(4)12-14-20)29-30-26(31)34-16-23(32)28-22-10-8-7-9-21(22)17(2)3/h6-14,17,19H,1,15-16H2,2-5H3,(H,27,33)(H,28,32)/t19-/m0/s1. The van der Waals surface area contributed by atoms with E-state index in [1.54, 1.807) is 18.2 Å². The summed E-state index contributed by atoms with van der Waals surface area (Å²) >= 11 is 1.30. The van der Waals surface area contributed by atoms with Crippen molar-refractivity contribution < 1.29 is 9.59 Å². The number of aryl methyl sites for hydroxylation is 1. The van der Waals surface area contributed by atoms with Crippen molar-refractivity contribution in [1.29, 1.82) is 0 Å². The van der Waals surface area contributed by atoms with Gasteiger partial charge in [-0.1, -0.05) is 67.6 Å². The van der Waals surface area contributed by atoms with E-state index in [-0.39, 0.29) is 23.6 Å². The first kappa shape index (κ1) is 25.2. The van der Waals surface area contributed by atoms with Crippen molar-refractivity contribution in [1.82, 2.24) is 20.1 Å². The number of thioether (sulfide) groups is 1. The Morgan fingerprint density at radius 3 is 2.47 bits per heavy atom. The van der Waals surface area contributed by atoms with Gasteiger partial charge in [-0.05, 0) is 43.5 Å². The monoisotopic (exact) mass is 477 g/mol. The van der Waals surface area contributed by atoms with Crippen molar-refractivity contribution in [2.45, 2.75) is 51.4 Å². The first-order valence-corrected chi connectivity index (χ1v) is 12.2. The summed E-state index contributed by atoms with van der Waals surface area (Å²) in [4.78, 5) is 25.3. The van der Waals surface area contributed by atoms with Crippen LogP contribution in [0, 0.1) is 6.92 Å². The van der Waals surface area contributed by atoms with Crippen LogP contribution in [0.2, 0.25) is 0 Å². The zero-order valence-electron chi connectivity index (χ0n) is 20.0. The molecule has 8 heteroatoms. The Hall–Kier alpha value is -3.39. The lowest BCUT2D eigenvalue weighted by Crippen LogP contribution is -2.28. The number of aromatic nitrogens is 3. The quantitative estimate of drug-likeness (QED) is 0.313. The fourth-order valence-electron chi connectivity index (χ4n) is 3.51. The van der Waals surface area contributed by atoms with Crippen LogP contribution in [0.4, 0.5) is 5.69 Å². The predicted octanol–water partition coefficient (Wildman–Crippen LogP) is 5.12. The molecule has 3 aromatic rings. The van der Waals surface area contributed by atoms with Gasteiger partial charge in [-0.2, -0.15) is 0 Å². The Kier molecular flexibility index (Phi) is 8.65. The Morgan fingerprint density at radius 1 is 1.09 bits per heavy atom. The van der Waals surface area contributed by atoms with Crippen LogP contribution >= 0.6 is 11.8 Å². The smallest absolute Gasteiger partial charge is 0.251 e. The third-order valence-electron chi connectivity index (χ3n) is 5.30. The Morgan fingerprint density at radius 2 is 1.79 bits per heavy atom. The van der Waals surface area contributed by atoms with E-state index in [0.717, 1.165) is 16.8 Å². The van der Waals surface area contributed by atoms with Crippen LogP contribution < -0.4 is 10.6 Å². The molecular weight excluding hydrogens is 446 g/mol. The molecule has 1 aromatic heterocycles. The Balaban J connectivity index is 1.67. The van der Waals surface area contributed by atoms with Crippen molar-refractivity contribution in [2.24, 2.45) is 0 Å². The lowest BCUT2D eigenvalue weighted by atomic mass is 10.0. The Bertz CT molecular complexity index is 1150. The molecule has 0 fully saturated rings. The van der Waals surface area contributed by atoms with E-state index in [2.05, 4.69) is 41.3 Å². The van der Waals surface area contributed by atoms with Crippen LogP contribution in [-0.2, 0) is 11.3 Å². The number of carbonyl (C=O) groups excluding carboxylic acids is 2. The molecule has 178 valence electrons. The largest absolute Gasteiger partial charge is 0.342 e. The minimum Gasteiger partial charge on any atom is -0.342 e. The van der Waals surface area contributed by atoms with E-state index in [1.807, 2.05) is 54.8 Å². The maximum atomic E-state index is 12.6. The molecule has 0 saturated heterocycles. The van der Waals surface area contributed by atoms with Gasteiger partial charge < -0.3 is 15.2 Å². The molecule has 0 radical (unpaired) electrons. The van der Waals surface area contributed by atoms with Gasteiger partial charge in [0.25, 0.3) is 5.91 Å². The van der Waals surface area contributed by atoms with Crippen molar-refractivity contribution in [2.75, 3.05) is 11.1 Å². The molecular formula is C26H31N5O2S. The molecule has 0 aliphatic heterocycles. The summed E-state index contributed by atoms with van der Waals surface area (Å²) in [5, 5.41) is 15.1. The van der Waals surface area contributed by atoms with Crippen molar-refractivity contribution in [3.8, 4) is 0 Å². The fraction of sp³-hybridized carbons (Fsp3) is 0.308. The van der Waals surface area contributed by atoms with Gasteiger partial charge in [-0.3, -0.25) is 9.59 Å². The summed E-state index contributed by atoms with van der Waals surface area (Å²) in [6.07, 6.45) is 1.74. The molecule has 0 aliphatic carbocycles. The summed E-state index contributed by atoms with van der Waals surface area (Å²) in [5.74, 6) is 0.797. The van der Waals surface area contributed by atoms with Crippen LogP contribution in [0.3, 0.4) is 0 Å². The number of para-hydroxylation sites is 1. The van der Waals surface area contributed by atoms with Crippen molar-refractivity contribution in [3.63, 3.8) is 0 Å². The van der Waals surface area contributed by atoms with Crippen molar-refractivity contribution in [3.05, 3.63) is 83.7 Å². The van der Waals surface area contributed by atoms with E-state index < -0.39 is 0 Å². The third kappa shape index (κ3) is 6.35. The van der Waals surface area contributed by atoms with E-state index in [0.29, 0.717) is 29.0 Å². The second kappa shape index (κ2) is 11.7. The maximum absolute atomic E-state index is 12.6. The molecule has 1 heterocycles. The molecule has 34 heavy (non-hydrogen) atoms. The number of rotatable bonds is 10. The second-order valence-electron chi connectivity index (χ2n) is 8.38. The first-order chi connectivity index (χ1) is 16.3. The highest BCUT2D eigenvalue weighted by molar-refractivity contribution is 7.99. The van der Waals surface area contributed by atoms with Gasteiger partial charge in [0, 0.05) is 17.8 Å². The summed E-state index contributed by atoms with van der Waals surface area (Å²) in [6.45, 7) is 12.3. The minimum atomic E-state index is -0.373. The third-order valence-corrected chi connectivity index (χ3v) is 6.26. The molecule has 0 aliphatic rings. The summed E-state index contributed by atoms with van der Waals surface area (Å²) in [6, 6.07) is 14.8. The zero-order valence-corrected chi connectivity index (χ0v) is 20.9.